The van der Waals surface area contributed by atoms with Gasteiger partial charge in [-0.05, 0) is 119 Å². The van der Waals surface area contributed by atoms with Gasteiger partial charge in [-0.3, -0.25) is 9.97 Å². The molecule has 278 valence electrons. The number of pyridine rings is 2. The first-order chi connectivity index (χ1) is 29.3. The van der Waals surface area contributed by atoms with Crippen molar-refractivity contribution in [1.29, 1.82) is 0 Å². The van der Waals surface area contributed by atoms with E-state index in [-0.39, 0.29) is 0 Å². The Hall–Kier alpha value is -8.02. The van der Waals surface area contributed by atoms with E-state index in [1.54, 1.807) is 0 Å². The molecule has 0 aliphatic heterocycles. The Bertz CT molecular complexity index is 3130. The second kappa shape index (κ2) is 14.5. The summed E-state index contributed by atoms with van der Waals surface area (Å²) in [5.74, 6) is 0. The molecule has 7 aromatic carbocycles. The Morgan fingerprint density at radius 3 is 1.68 bits per heavy atom. The number of anilines is 3. The molecule has 5 nitrogen and oxygen atoms in total. The fourth-order valence-corrected chi connectivity index (χ4v) is 8.45. The minimum Gasteiger partial charge on any atom is -0.315 e. The molecule has 0 aliphatic carbocycles. The van der Waals surface area contributed by atoms with Crippen molar-refractivity contribution >= 4 is 49.8 Å². The van der Waals surface area contributed by atoms with Crippen molar-refractivity contribution in [1.82, 2.24) is 19.1 Å². The lowest BCUT2D eigenvalue weighted by Crippen LogP contribution is -2.09. The van der Waals surface area contributed by atoms with Gasteiger partial charge in [0.1, 0.15) is 0 Å². The second-order valence-corrected chi connectivity index (χ2v) is 14.8. The van der Waals surface area contributed by atoms with Gasteiger partial charge >= 0.3 is 0 Å². The van der Waals surface area contributed by atoms with Crippen molar-refractivity contribution in [2.24, 2.45) is 0 Å². The quantitative estimate of drug-likeness (QED) is 0.155. The van der Waals surface area contributed by atoms with Gasteiger partial charge in [-0.1, -0.05) is 103 Å². The molecule has 0 fully saturated rings. The lowest BCUT2D eigenvalue weighted by molar-refractivity contribution is 1.12. The summed E-state index contributed by atoms with van der Waals surface area (Å²) in [4.78, 5) is 11.2. The maximum Gasteiger partial charge on any atom is 0.0788 e. The topological polar surface area (TPSA) is 38.9 Å². The fourth-order valence-electron chi connectivity index (χ4n) is 8.45. The normalized spacial score (nSPS) is 11.4. The summed E-state index contributed by atoms with van der Waals surface area (Å²) in [5.41, 5.74) is 15.6. The fraction of sp³-hybridized carbons (Fsp3) is 0. The van der Waals surface area contributed by atoms with E-state index in [1.807, 2.05) is 42.9 Å². The predicted octanol–water partition coefficient (Wildman–Crippen LogP) is 14.0. The SMILES string of the molecule is c1ccc(-n2ccc3ccc4c5cc(-c6ccc(N(c7ccc(-c8cccnc8)cc7)c7ccc(-c8ccccn8)cc7)cc6)ccc5n(-c5ccccc5)c4c32)cc1. The highest BCUT2D eigenvalue weighted by atomic mass is 15.1. The molecule has 0 saturated heterocycles. The number of hydrogen-bond acceptors (Lipinski definition) is 3. The van der Waals surface area contributed by atoms with Gasteiger partial charge in [0.15, 0.2) is 0 Å². The molecule has 11 rings (SSSR count). The smallest absolute Gasteiger partial charge is 0.0788 e. The number of hydrogen-bond donors (Lipinski definition) is 0. The molecule has 0 amide bonds. The Morgan fingerprint density at radius 1 is 0.407 bits per heavy atom. The van der Waals surface area contributed by atoms with Crippen molar-refractivity contribution in [3.05, 3.63) is 225 Å². The Kier molecular flexibility index (Phi) is 8.41. The number of para-hydroxylation sites is 2. The summed E-state index contributed by atoms with van der Waals surface area (Å²) in [6.45, 7) is 0. The lowest BCUT2D eigenvalue weighted by atomic mass is 10.0. The van der Waals surface area contributed by atoms with Gasteiger partial charge in [0, 0.05) is 74.9 Å². The maximum atomic E-state index is 4.58. The van der Waals surface area contributed by atoms with E-state index in [2.05, 4.69) is 206 Å². The van der Waals surface area contributed by atoms with E-state index in [4.69, 9.17) is 0 Å². The van der Waals surface area contributed by atoms with E-state index >= 15 is 0 Å². The average Bonchev–Trinajstić information content (AvgIpc) is 3.90. The molecule has 4 heterocycles. The third-order valence-electron chi connectivity index (χ3n) is 11.3. The van der Waals surface area contributed by atoms with Crippen LogP contribution in [0, 0.1) is 0 Å². The van der Waals surface area contributed by atoms with Crippen LogP contribution in [0.3, 0.4) is 0 Å². The molecule has 0 spiro atoms. The van der Waals surface area contributed by atoms with Gasteiger partial charge in [0.05, 0.1) is 22.2 Å². The van der Waals surface area contributed by atoms with Gasteiger partial charge in [-0.15, -0.1) is 0 Å². The van der Waals surface area contributed by atoms with E-state index in [0.717, 1.165) is 56.4 Å². The van der Waals surface area contributed by atoms with Crippen molar-refractivity contribution in [2.45, 2.75) is 0 Å². The molecule has 11 aromatic rings. The standard InChI is InChI=1S/C54H37N5/c1-3-11-44(12-4-1)57-35-32-41-22-30-49-50-36-42(23-31-52(50)59(54(49)53(41)57)45-13-5-2-6-14-45)38-16-24-46(25-17-38)58(47-26-18-39(19-27-47)43-10-9-33-55-37-43)48-28-20-40(21-29-48)51-15-7-8-34-56-51/h1-37H. The molecule has 0 atom stereocenters. The number of rotatable bonds is 8. The van der Waals surface area contributed by atoms with Crippen LogP contribution in [-0.2, 0) is 0 Å². The molecule has 0 radical (unpaired) electrons. The van der Waals surface area contributed by atoms with Gasteiger partial charge in [-0.25, -0.2) is 0 Å². The van der Waals surface area contributed by atoms with Crippen molar-refractivity contribution in [2.75, 3.05) is 4.90 Å². The maximum absolute atomic E-state index is 4.58. The van der Waals surface area contributed by atoms with Crippen LogP contribution in [0.4, 0.5) is 17.1 Å². The van der Waals surface area contributed by atoms with E-state index in [1.165, 1.54) is 38.3 Å². The molecule has 59 heavy (non-hydrogen) atoms. The number of aromatic nitrogens is 4. The van der Waals surface area contributed by atoms with Crippen molar-refractivity contribution in [3.8, 4) is 44.9 Å². The van der Waals surface area contributed by atoms with Gasteiger partial charge in [0.25, 0.3) is 0 Å². The zero-order chi connectivity index (χ0) is 39.1. The van der Waals surface area contributed by atoms with Crippen LogP contribution in [0.15, 0.2) is 225 Å². The third kappa shape index (κ3) is 6.13. The van der Waals surface area contributed by atoms with E-state index < -0.39 is 0 Å². The van der Waals surface area contributed by atoms with Crippen LogP contribution in [-0.4, -0.2) is 19.1 Å². The molecule has 0 unspecified atom stereocenters. The summed E-state index contributed by atoms with van der Waals surface area (Å²) in [6, 6.07) is 71.4. The molecule has 0 aliphatic rings. The van der Waals surface area contributed by atoms with E-state index in [0.29, 0.717) is 0 Å². The molecule has 4 aromatic heterocycles. The number of nitrogens with zero attached hydrogens (tertiary/aromatic N) is 5. The second-order valence-electron chi connectivity index (χ2n) is 14.8. The predicted molar refractivity (Wildman–Crippen MR) is 244 cm³/mol. The van der Waals surface area contributed by atoms with Crippen LogP contribution in [0.1, 0.15) is 0 Å². The highest BCUT2D eigenvalue weighted by molar-refractivity contribution is 6.18. The van der Waals surface area contributed by atoms with Crippen molar-refractivity contribution < 1.29 is 0 Å². The van der Waals surface area contributed by atoms with Crippen LogP contribution in [0.2, 0.25) is 0 Å². The summed E-state index contributed by atoms with van der Waals surface area (Å²) < 4.78 is 4.75. The summed E-state index contributed by atoms with van der Waals surface area (Å²) in [5, 5.41) is 3.65. The zero-order valence-corrected chi connectivity index (χ0v) is 32.1. The minimum atomic E-state index is 0.953. The highest BCUT2D eigenvalue weighted by Gasteiger charge is 2.19. The minimum absolute atomic E-state index is 0.953. The molecule has 0 bridgehead atoms. The van der Waals surface area contributed by atoms with E-state index in [9.17, 15) is 0 Å². The summed E-state index contributed by atoms with van der Waals surface area (Å²) in [7, 11) is 0. The largest absolute Gasteiger partial charge is 0.315 e. The molecule has 0 N–H and O–H groups in total. The number of benzene rings is 7. The molecular weight excluding hydrogens is 719 g/mol. The van der Waals surface area contributed by atoms with Crippen molar-refractivity contribution in [3.63, 3.8) is 0 Å². The monoisotopic (exact) mass is 755 g/mol. The van der Waals surface area contributed by atoms with Crippen LogP contribution in [0.5, 0.6) is 0 Å². The lowest BCUT2D eigenvalue weighted by Gasteiger charge is -2.26. The third-order valence-corrected chi connectivity index (χ3v) is 11.3. The average molecular weight is 756 g/mol. The van der Waals surface area contributed by atoms with Gasteiger partial charge < -0.3 is 14.0 Å². The Balaban J connectivity index is 1.02. The molecule has 5 heteroatoms. The first-order valence-electron chi connectivity index (χ1n) is 19.9. The van der Waals surface area contributed by atoms with Crippen LogP contribution in [0.25, 0.3) is 77.6 Å². The number of fused-ring (bicyclic) bond motifs is 5. The first-order valence-corrected chi connectivity index (χ1v) is 19.9. The molecule has 0 saturated carbocycles. The Morgan fingerprint density at radius 2 is 1.03 bits per heavy atom. The highest BCUT2D eigenvalue weighted by Crippen LogP contribution is 2.41. The molecular formula is C54H37N5. The van der Waals surface area contributed by atoms with Gasteiger partial charge in [0.2, 0.25) is 0 Å². The Labute approximate surface area is 342 Å². The zero-order valence-electron chi connectivity index (χ0n) is 32.1. The van der Waals surface area contributed by atoms with Crippen LogP contribution >= 0.6 is 0 Å². The summed E-state index contributed by atoms with van der Waals surface area (Å²) in [6.07, 6.45) is 7.73. The van der Waals surface area contributed by atoms with Crippen LogP contribution < -0.4 is 4.90 Å². The van der Waals surface area contributed by atoms with Gasteiger partial charge in [-0.2, -0.15) is 0 Å². The summed E-state index contributed by atoms with van der Waals surface area (Å²) >= 11 is 0. The first kappa shape index (κ1) is 34.2.